The molecule has 0 aliphatic carbocycles. The highest BCUT2D eigenvalue weighted by Gasteiger charge is 2.08. The Labute approximate surface area is 92.5 Å². The van der Waals surface area contributed by atoms with E-state index in [1.54, 1.807) is 6.26 Å². The van der Waals surface area contributed by atoms with E-state index in [1.807, 2.05) is 0 Å². The number of hydrogen-bond acceptors (Lipinski definition) is 3. The van der Waals surface area contributed by atoms with Crippen LogP contribution in [0, 0.1) is 0 Å². The number of rotatable bonds is 6. The van der Waals surface area contributed by atoms with E-state index in [4.69, 9.17) is 4.42 Å². The summed E-state index contributed by atoms with van der Waals surface area (Å²) in [5.41, 5.74) is 1.28. The quantitative estimate of drug-likeness (QED) is 0.780. The number of furan rings is 1. The molecule has 1 rings (SSSR count). The van der Waals surface area contributed by atoms with Gasteiger partial charge in [-0.05, 0) is 19.7 Å². The zero-order valence-corrected chi connectivity index (χ0v) is 10.2. The highest BCUT2D eigenvalue weighted by molar-refractivity contribution is 5.16. The third-order valence-electron chi connectivity index (χ3n) is 2.49. The first-order valence-electron chi connectivity index (χ1n) is 5.60. The van der Waals surface area contributed by atoms with Gasteiger partial charge >= 0.3 is 0 Å². The molecule has 15 heavy (non-hydrogen) atoms. The highest BCUT2D eigenvalue weighted by atomic mass is 16.3. The van der Waals surface area contributed by atoms with E-state index in [0.29, 0.717) is 6.04 Å². The van der Waals surface area contributed by atoms with Gasteiger partial charge in [0, 0.05) is 18.2 Å². The molecule has 0 saturated heterocycles. The molecule has 0 fully saturated rings. The van der Waals surface area contributed by atoms with E-state index in [2.05, 4.69) is 44.1 Å². The molecule has 0 saturated carbocycles. The molecule has 3 heteroatoms. The Morgan fingerprint density at radius 1 is 1.47 bits per heavy atom. The summed E-state index contributed by atoms with van der Waals surface area (Å²) in [4.78, 5) is 2.27. The minimum atomic E-state index is 0.492. The summed E-state index contributed by atoms with van der Waals surface area (Å²) < 4.78 is 5.47. The van der Waals surface area contributed by atoms with Gasteiger partial charge in [-0.1, -0.05) is 20.8 Å². The van der Waals surface area contributed by atoms with Crippen LogP contribution < -0.4 is 5.32 Å². The Balaban J connectivity index is 2.53. The van der Waals surface area contributed by atoms with E-state index in [0.717, 1.165) is 25.4 Å². The van der Waals surface area contributed by atoms with Gasteiger partial charge in [-0.15, -0.1) is 0 Å². The van der Waals surface area contributed by atoms with Crippen molar-refractivity contribution < 1.29 is 4.42 Å². The molecule has 0 spiro atoms. The van der Waals surface area contributed by atoms with Crippen LogP contribution in [0.25, 0.3) is 0 Å². The fourth-order valence-corrected chi connectivity index (χ4v) is 1.36. The maximum absolute atomic E-state index is 5.47. The molecule has 0 amide bonds. The maximum Gasteiger partial charge on any atom is 0.122 e. The molecular weight excluding hydrogens is 188 g/mol. The molecule has 86 valence electrons. The zero-order valence-electron chi connectivity index (χ0n) is 10.2. The second-order valence-corrected chi connectivity index (χ2v) is 4.24. The van der Waals surface area contributed by atoms with Gasteiger partial charge in [0.1, 0.15) is 5.76 Å². The molecule has 0 aliphatic heterocycles. The predicted molar refractivity (Wildman–Crippen MR) is 62.7 cm³/mol. The minimum absolute atomic E-state index is 0.492. The SMILES string of the molecule is CCN(C)Cc1ccoc1CNC(C)C. The monoisotopic (exact) mass is 210 g/mol. The van der Waals surface area contributed by atoms with Crippen molar-refractivity contribution in [2.75, 3.05) is 13.6 Å². The Kier molecular flexibility index (Phi) is 4.85. The van der Waals surface area contributed by atoms with Gasteiger partial charge in [-0.3, -0.25) is 0 Å². The molecule has 0 unspecified atom stereocenters. The summed E-state index contributed by atoms with van der Waals surface area (Å²) in [5.74, 6) is 1.06. The molecule has 0 aromatic carbocycles. The fraction of sp³-hybridized carbons (Fsp3) is 0.667. The van der Waals surface area contributed by atoms with E-state index >= 15 is 0 Å². The van der Waals surface area contributed by atoms with Crippen molar-refractivity contribution in [2.45, 2.75) is 39.9 Å². The van der Waals surface area contributed by atoms with Crippen LogP contribution in [0.2, 0.25) is 0 Å². The molecule has 1 aromatic heterocycles. The molecule has 1 heterocycles. The van der Waals surface area contributed by atoms with Crippen molar-refractivity contribution in [1.82, 2.24) is 10.2 Å². The lowest BCUT2D eigenvalue weighted by molar-refractivity contribution is 0.339. The summed E-state index contributed by atoms with van der Waals surface area (Å²) in [6, 6.07) is 2.55. The Morgan fingerprint density at radius 3 is 2.80 bits per heavy atom. The first kappa shape index (κ1) is 12.3. The molecule has 0 atom stereocenters. The van der Waals surface area contributed by atoms with Crippen molar-refractivity contribution in [3.05, 3.63) is 23.7 Å². The van der Waals surface area contributed by atoms with Crippen LogP contribution in [0.1, 0.15) is 32.1 Å². The third-order valence-corrected chi connectivity index (χ3v) is 2.49. The Hall–Kier alpha value is -0.800. The zero-order chi connectivity index (χ0) is 11.3. The average Bonchev–Trinajstić information content (AvgIpc) is 2.62. The number of nitrogens with one attached hydrogen (secondary N) is 1. The van der Waals surface area contributed by atoms with Crippen LogP contribution in [-0.4, -0.2) is 24.5 Å². The standard InChI is InChI=1S/C12H22N2O/c1-5-14(4)9-11-6-7-15-12(11)8-13-10(2)3/h6-7,10,13H,5,8-9H2,1-4H3. The smallest absolute Gasteiger partial charge is 0.122 e. The van der Waals surface area contributed by atoms with Crippen molar-refractivity contribution in [3.8, 4) is 0 Å². The van der Waals surface area contributed by atoms with Crippen LogP contribution >= 0.6 is 0 Å². The second kappa shape index (κ2) is 5.93. The van der Waals surface area contributed by atoms with Gasteiger partial charge in [0.25, 0.3) is 0 Å². The largest absolute Gasteiger partial charge is 0.468 e. The van der Waals surface area contributed by atoms with Crippen molar-refractivity contribution >= 4 is 0 Å². The number of nitrogens with zero attached hydrogens (tertiary/aromatic N) is 1. The van der Waals surface area contributed by atoms with Crippen molar-refractivity contribution in [2.24, 2.45) is 0 Å². The van der Waals surface area contributed by atoms with E-state index in [-0.39, 0.29) is 0 Å². The summed E-state index contributed by atoms with van der Waals surface area (Å²) >= 11 is 0. The minimum Gasteiger partial charge on any atom is -0.468 e. The molecule has 1 N–H and O–H groups in total. The summed E-state index contributed by atoms with van der Waals surface area (Å²) in [6.45, 7) is 9.27. The van der Waals surface area contributed by atoms with Gasteiger partial charge in [-0.2, -0.15) is 0 Å². The van der Waals surface area contributed by atoms with Gasteiger partial charge < -0.3 is 14.6 Å². The summed E-state index contributed by atoms with van der Waals surface area (Å²) in [6.07, 6.45) is 1.77. The van der Waals surface area contributed by atoms with Gasteiger partial charge in [0.2, 0.25) is 0 Å². The maximum atomic E-state index is 5.47. The van der Waals surface area contributed by atoms with Crippen LogP contribution in [0.4, 0.5) is 0 Å². The molecule has 3 nitrogen and oxygen atoms in total. The van der Waals surface area contributed by atoms with Crippen LogP contribution in [0.15, 0.2) is 16.7 Å². The Bertz CT molecular complexity index is 281. The normalized spacial score (nSPS) is 11.6. The number of hydrogen-bond donors (Lipinski definition) is 1. The fourth-order valence-electron chi connectivity index (χ4n) is 1.36. The van der Waals surface area contributed by atoms with Crippen molar-refractivity contribution in [1.29, 1.82) is 0 Å². The molecule has 0 bridgehead atoms. The van der Waals surface area contributed by atoms with Crippen molar-refractivity contribution in [3.63, 3.8) is 0 Å². The van der Waals surface area contributed by atoms with Crippen LogP contribution in [0.5, 0.6) is 0 Å². The van der Waals surface area contributed by atoms with Crippen LogP contribution in [-0.2, 0) is 13.1 Å². The first-order chi connectivity index (χ1) is 7.13. The third kappa shape index (κ3) is 4.06. The van der Waals surface area contributed by atoms with E-state index in [9.17, 15) is 0 Å². The lowest BCUT2D eigenvalue weighted by atomic mass is 10.2. The summed E-state index contributed by atoms with van der Waals surface area (Å²) in [5, 5.41) is 3.37. The summed E-state index contributed by atoms with van der Waals surface area (Å²) in [7, 11) is 2.12. The van der Waals surface area contributed by atoms with Crippen LogP contribution in [0.3, 0.4) is 0 Å². The predicted octanol–water partition coefficient (Wildman–Crippen LogP) is 2.23. The van der Waals surface area contributed by atoms with Gasteiger partial charge in [-0.25, -0.2) is 0 Å². The molecule has 0 radical (unpaired) electrons. The molecule has 1 aromatic rings. The van der Waals surface area contributed by atoms with E-state index < -0.39 is 0 Å². The topological polar surface area (TPSA) is 28.4 Å². The lowest BCUT2D eigenvalue weighted by Crippen LogP contribution is -2.23. The van der Waals surface area contributed by atoms with Gasteiger partial charge in [0.05, 0.1) is 12.8 Å². The average molecular weight is 210 g/mol. The first-order valence-corrected chi connectivity index (χ1v) is 5.60. The molecular formula is C12H22N2O. The highest BCUT2D eigenvalue weighted by Crippen LogP contribution is 2.12. The molecule has 0 aliphatic rings. The Morgan fingerprint density at radius 2 is 2.20 bits per heavy atom. The lowest BCUT2D eigenvalue weighted by Gasteiger charge is -2.14. The second-order valence-electron chi connectivity index (χ2n) is 4.24. The van der Waals surface area contributed by atoms with E-state index in [1.165, 1.54) is 5.56 Å². The van der Waals surface area contributed by atoms with Gasteiger partial charge in [0.15, 0.2) is 0 Å².